The van der Waals surface area contributed by atoms with Crippen LogP contribution in [0.25, 0.3) is 41.6 Å². The average Bonchev–Trinajstić information content (AvgIpc) is 3.87. The van der Waals surface area contributed by atoms with Crippen molar-refractivity contribution in [3.05, 3.63) is 96.1 Å². The van der Waals surface area contributed by atoms with Gasteiger partial charge in [-0.15, -0.1) is 22.7 Å². The van der Waals surface area contributed by atoms with Gasteiger partial charge in [-0.25, -0.2) is 9.97 Å². The highest BCUT2D eigenvalue weighted by molar-refractivity contribution is 9.41. The Morgan fingerprint density at radius 3 is 1.25 bits per heavy atom. The van der Waals surface area contributed by atoms with Gasteiger partial charge in [-0.2, -0.15) is 0 Å². The second kappa shape index (κ2) is 22.0. The van der Waals surface area contributed by atoms with Gasteiger partial charge in [0.15, 0.2) is 0 Å². The van der Waals surface area contributed by atoms with Gasteiger partial charge in [0.1, 0.15) is 10.0 Å². The summed E-state index contributed by atoms with van der Waals surface area (Å²) in [5, 5.41) is 2.09. The van der Waals surface area contributed by atoms with E-state index in [1.807, 2.05) is 12.1 Å². The van der Waals surface area contributed by atoms with E-state index in [2.05, 4.69) is 72.8 Å². The van der Waals surface area contributed by atoms with Gasteiger partial charge in [0.25, 0.3) is 0 Å². The smallest absolute Gasteiger partial charge is 0.377 e. The molecule has 0 aliphatic carbocycles. The van der Waals surface area contributed by atoms with Gasteiger partial charge < -0.3 is 26.6 Å². The van der Waals surface area contributed by atoms with E-state index in [0.29, 0.717) is 0 Å². The van der Waals surface area contributed by atoms with Crippen LogP contribution < -0.4 is 0 Å². The molecule has 0 spiro atoms. The summed E-state index contributed by atoms with van der Waals surface area (Å²) >= 11 is 3.50. The molecule has 0 N–H and O–H groups in total. The first kappa shape index (κ1) is 44.5. The number of para-hydroxylation sites is 2. The van der Waals surface area contributed by atoms with Crippen LogP contribution in [0.2, 0.25) is 12.1 Å². The Morgan fingerprint density at radius 2 is 0.875 bits per heavy atom. The fourth-order valence-corrected chi connectivity index (χ4v) is 23.4. The molecule has 0 radical (unpaired) electrons. The highest BCUT2D eigenvalue weighted by Crippen LogP contribution is 2.57. The number of aromatic nitrogens is 2. The Balaban J connectivity index is 1.14. The minimum Gasteiger partial charge on any atom is -0.377 e. The molecule has 6 aromatic rings. The van der Waals surface area contributed by atoms with Crippen molar-refractivity contribution in [1.29, 1.82) is 0 Å². The van der Waals surface area contributed by atoms with Gasteiger partial charge in [-0.05, 0) is 134 Å². The van der Waals surface area contributed by atoms with E-state index in [1.165, 1.54) is 41.4 Å². The predicted molar refractivity (Wildman–Crippen MR) is 252 cm³/mol. The van der Waals surface area contributed by atoms with E-state index in [0.717, 1.165) is 58.8 Å². The number of nitrogens with zero attached hydrogens (tertiary/aromatic N) is 2. The van der Waals surface area contributed by atoms with Crippen molar-refractivity contribution in [1.82, 2.24) is 9.97 Å². The third-order valence-corrected chi connectivity index (χ3v) is 27.6. The maximum Gasteiger partial charge on any atom is 0.500 e. The number of hydrogen-bond acceptors (Lipinski definition) is 16. The molecule has 0 unspecified atom stereocenters. The zero-order valence-electron chi connectivity index (χ0n) is 31.9. The van der Waals surface area contributed by atoms with Gasteiger partial charge in [0.2, 0.25) is 0 Å². The molecule has 0 atom stereocenters. The van der Waals surface area contributed by atoms with Crippen LogP contribution in [0.5, 0.6) is 0 Å². The van der Waals surface area contributed by atoms with Crippen molar-refractivity contribution in [2.24, 2.45) is 0 Å². The number of thiazole rings is 2. The second-order valence-corrected chi connectivity index (χ2v) is 29.8. The molecule has 4 aromatic carbocycles. The van der Waals surface area contributed by atoms with E-state index in [-0.39, 0.29) is 0 Å². The Labute approximate surface area is 362 Å². The van der Waals surface area contributed by atoms with E-state index in [9.17, 15) is 0 Å². The van der Waals surface area contributed by atoms with Crippen LogP contribution in [0, 0.1) is 0 Å². The first-order valence-electron chi connectivity index (χ1n) is 17.7. The molecule has 0 amide bonds. The van der Waals surface area contributed by atoms with Crippen LogP contribution in [0.15, 0.2) is 94.7 Å². The summed E-state index contributed by atoms with van der Waals surface area (Å²) in [5.41, 5.74) is 7.00. The lowest BCUT2D eigenvalue weighted by Crippen LogP contribution is -2.42. The first-order valence-corrected chi connectivity index (χ1v) is 30.7. The third kappa shape index (κ3) is 11.0. The highest BCUT2D eigenvalue weighted by Gasteiger charge is 2.38. The quantitative estimate of drug-likeness (QED) is 0.0347. The van der Waals surface area contributed by atoms with Gasteiger partial charge >= 0.3 is 17.6 Å². The second-order valence-electron chi connectivity index (χ2n) is 12.3. The Bertz CT molecular complexity index is 1930. The lowest BCUT2D eigenvalue weighted by molar-refractivity contribution is 0.122. The van der Waals surface area contributed by atoms with Crippen molar-refractivity contribution in [2.75, 3.05) is 42.7 Å². The topological polar surface area (TPSA) is 81.2 Å². The van der Waals surface area contributed by atoms with Crippen LogP contribution >= 0.6 is 83.6 Å². The standard InChI is InChI=1S/C38H44N2O6S8Si2/c1-41-55(42-2,43-3)25-13-17-27-15-11-23-33(35(27)37-39-29-19-7-9-21-31(29)47-37)49-51-53-54-52-50-34-24-12-16-28(18-14-26-56(44-4,45-5)46-6)36(34)38-40-30-20-8-10-22-32(30)48-38/h7-12,15-16,19-24H,13-14,17-18,25-26H2,1-6H3. The first-order chi connectivity index (χ1) is 27.4. The van der Waals surface area contributed by atoms with Crippen molar-refractivity contribution < 1.29 is 26.6 Å². The van der Waals surface area contributed by atoms with Crippen LogP contribution in [-0.2, 0) is 39.4 Å². The van der Waals surface area contributed by atoms with E-state index in [1.54, 1.807) is 126 Å². The number of fused-ring (bicyclic) bond motifs is 2. The number of rotatable bonds is 23. The minimum atomic E-state index is -2.67. The maximum absolute atomic E-state index is 5.71. The fraction of sp³-hybridized carbons (Fsp3) is 0.316. The van der Waals surface area contributed by atoms with Crippen molar-refractivity contribution >= 4 is 122 Å². The fourth-order valence-electron chi connectivity index (χ4n) is 6.38. The SMILES string of the molecule is CO[Si](CCCc1cccc(SSSSSSc2cccc(CCC[Si](OC)(OC)OC)c2-c2nc3ccccc3s2)c1-c1nc2ccccc2s1)(OC)OC. The minimum absolute atomic E-state index is 0.741. The monoisotopic (exact) mass is 936 g/mol. The largest absolute Gasteiger partial charge is 0.500 e. The average molecular weight is 937 g/mol. The lowest BCUT2D eigenvalue weighted by atomic mass is 10.0. The Morgan fingerprint density at radius 1 is 0.482 bits per heavy atom. The molecular formula is C38H44N2O6S8Si2. The molecular weight excluding hydrogens is 893 g/mol. The molecule has 0 bridgehead atoms. The lowest BCUT2D eigenvalue weighted by Gasteiger charge is -2.24. The summed E-state index contributed by atoms with van der Waals surface area (Å²) < 4.78 is 36.6. The molecule has 8 nitrogen and oxygen atoms in total. The van der Waals surface area contributed by atoms with Crippen molar-refractivity contribution in [3.63, 3.8) is 0 Å². The molecule has 2 aromatic heterocycles. The summed E-state index contributed by atoms with van der Waals surface area (Å²) in [6.07, 6.45) is 3.51. The molecule has 0 aliphatic heterocycles. The normalized spacial score (nSPS) is 12.3. The van der Waals surface area contributed by atoms with E-state index in [4.69, 9.17) is 36.5 Å². The number of aryl methyl sites for hydroxylation is 2. The van der Waals surface area contributed by atoms with Crippen molar-refractivity contribution in [2.45, 2.75) is 47.6 Å². The Hall–Kier alpha value is -1.05. The van der Waals surface area contributed by atoms with Crippen molar-refractivity contribution in [3.8, 4) is 21.1 Å². The summed E-state index contributed by atoms with van der Waals surface area (Å²) in [4.78, 5) is 12.6. The number of benzene rings is 4. The summed E-state index contributed by atoms with van der Waals surface area (Å²) in [7, 11) is 15.4. The molecule has 18 heteroatoms. The van der Waals surface area contributed by atoms with E-state index < -0.39 is 17.6 Å². The van der Waals surface area contributed by atoms with Crippen LogP contribution in [-0.4, -0.2) is 70.2 Å². The zero-order valence-corrected chi connectivity index (χ0v) is 40.5. The van der Waals surface area contributed by atoms with Crippen LogP contribution in [0.4, 0.5) is 0 Å². The highest BCUT2D eigenvalue weighted by atomic mass is 33.9. The molecule has 0 fully saturated rings. The van der Waals surface area contributed by atoms with Crippen LogP contribution in [0.1, 0.15) is 24.0 Å². The molecule has 0 saturated heterocycles. The molecule has 0 aliphatic rings. The van der Waals surface area contributed by atoms with Gasteiger partial charge in [-0.1, -0.05) is 48.5 Å². The van der Waals surface area contributed by atoms with Gasteiger partial charge in [0, 0.05) is 75.7 Å². The third-order valence-electron chi connectivity index (χ3n) is 9.30. The molecule has 2 heterocycles. The summed E-state index contributed by atoms with van der Waals surface area (Å²) in [6.45, 7) is 0. The maximum atomic E-state index is 5.71. The molecule has 56 heavy (non-hydrogen) atoms. The summed E-state index contributed by atoms with van der Waals surface area (Å²) in [6, 6.07) is 31.4. The summed E-state index contributed by atoms with van der Waals surface area (Å²) in [5.74, 6) is 0. The molecule has 6 rings (SSSR count). The number of hydrogen-bond donors (Lipinski definition) is 0. The van der Waals surface area contributed by atoms with Crippen LogP contribution in [0.3, 0.4) is 0 Å². The van der Waals surface area contributed by atoms with E-state index >= 15 is 0 Å². The van der Waals surface area contributed by atoms with Gasteiger partial charge in [0.05, 0.1) is 20.4 Å². The predicted octanol–water partition coefficient (Wildman–Crippen LogP) is 13.3. The zero-order chi connectivity index (χ0) is 39.4. The van der Waals surface area contributed by atoms with Gasteiger partial charge in [-0.3, -0.25) is 0 Å². The molecule has 0 saturated carbocycles. The molecule has 298 valence electrons. The Kier molecular flexibility index (Phi) is 17.5.